The van der Waals surface area contributed by atoms with Crippen LogP contribution in [0.5, 0.6) is 11.5 Å². The summed E-state index contributed by atoms with van der Waals surface area (Å²) in [5, 5.41) is 4.17. The molecular weight excluding hydrogens is 274 g/mol. The molecule has 0 saturated heterocycles. The average molecular weight is 298 g/mol. The quantitative estimate of drug-likeness (QED) is 0.879. The molecular formula is C16H24ClNO2. The van der Waals surface area contributed by atoms with Crippen molar-refractivity contribution >= 4 is 11.6 Å². The normalized spacial score (nSPS) is 21.4. The number of halogens is 1. The van der Waals surface area contributed by atoms with E-state index >= 15 is 0 Å². The van der Waals surface area contributed by atoms with Crippen molar-refractivity contribution < 1.29 is 9.47 Å². The highest BCUT2D eigenvalue weighted by Crippen LogP contribution is 2.49. The number of nitrogens with one attached hydrogen (secondary N) is 1. The Morgan fingerprint density at radius 3 is 2.50 bits per heavy atom. The molecule has 0 heterocycles. The Labute approximate surface area is 126 Å². The fourth-order valence-corrected chi connectivity index (χ4v) is 3.43. The van der Waals surface area contributed by atoms with E-state index in [1.54, 1.807) is 0 Å². The molecule has 0 spiro atoms. The number of benzene rings is 1. The lowest BCUT2D eigenvalue weighted by Gasteiger charge is -2.33. The summed E-state index contributed by atoms with van der Waals surface area (Å²) in [6.45, 7) is 7.43. The summed E-state index contributed by atoms with van der Waals surface area (Å²) in [6, 6.07) is 2.18. The first-order chi connectivity index (χ1) is 9.63. The molecule has 1 aliphatic rings. The lowest BCUT2D eigenvalue weighted by molar-refractivity contribution is 0.279. The van der Waals surface area contributed by atoms with Gasteiger partial charge in [0.2, 0.25) is 0 Å². The van der Waals surface area contributed by atoms with Crippen molar-refractivity contribution in [3.8, 4) is 11.5 Å². The number of fused-ring (bicyclic) bond motifs is 1. The number of rotatable bonds is 5. The Hall–Kier alpha value is -0.930. The van der Waals surface area contributed by atoms with E-state index in [1.807, 2.05) is 27.0 Å². The highest BCUT2D eigenvalue weighted by atomic mass is 35.5. The first kappa shape index (κ1) is 15.5. The molecule has 20 heavy (non-hydrogen) atoms. The van der Waals surface area contributed by atoms with Gasteiger partial charge in [0.25, 0.3) is 0 Å². The van der Waals surface area contributed by atoms with Gasteiger partial charge in [0.1, 0.15) is 0 Å². The van der Waals surface area contributed by atoms with Crippen LogP contribution in [0, 0.1) is 0 Å². The molecule has 0 bridgehead atoms. The van der Waals surface area contributed by atoms with Crippen molar-refractivity contribution in [3.63, 3.8) is 0 Å². The van der Waals surface area contributed by atoms with Crippen molar-refractivity contribution in [3.05, 3.63) is 22.2 Å². The van der Waals surface area contributed by atoms with Gasteiger partial charge >= 0.3 is 0 Å². The molecule has 0 aromatic heterocycles. The van der Waals surface area contributed by atoms with Crippen LogP contribution in [0.2, 0.25) is 5.02 Å². The molecule has 1 aromatic carbocycles. The van der Waals surface area contributed by atoms with E-state index in [2.05, 4.69) is 12.2 Å². The number of hydrogen-bond acceptors (Lipinski definition) is 3. The second-order valence-electron chi connectivity index (χ2n) is 5.20. The third-order valence-electron chi connectivity index (χ3n) is 3.94. The van der Waals surface area contributed by atoms with Gasteiger partial charge in [0.15, 0.2) is 11.5 Å². The topological polar surface area (TPSA) is 30.5 Å². The first-order valence-electron chi connectivity index (χ1n) is 7.43. The van der Waals surface area contributed by atoms with Crippen LogP contribution in [-0.2, 0) is 0 Å². The van der Waals surface area contributed by atoms with Crippen molar-refractivity contribution in [2.75, 3.05) is 20.3 Å². The molecule has 0 radical (unpaired) electrons. The maximum Gasteiger partial charge on any atom is 0.166 e. The third kappa shape index (κ3) is 2.75. The van der Waals surface area contributed by atoms with Crippen molar-refractivity contribution in [2.24, 2.45) is 0 Å². The Bertz CT molecular complexity index is 476. The van der Waals surface area contributed by atoms with E-state index in [-0.39, 0.29) is 6.04 Å². The van der Waals surface area contributed by atoms with Crippen LogP contribution >= 0.6 is 11.6 Å². The molecule has 2 rings (SSSR count). The van der Waals surface area contributed by atoms with Gasteiger partial charge in [-0.1, -0.05) is 18.5 Å². The predicted octanol–water partition coefficient (Wildman–Crippen LogP) is 4.30. The minimum Gasteiger partial charge on any atom is -0.490 e. The minimum atomic E-state index is 0.278. The van der Waals surface area contributed by atoms with E-state index in [9.17, 15) is 0 Å². The zero-order chi connectivity index (χ0) is 14.7. The molecule has 0 aliphatic heterocycles. The van der Waals surface area contributed by atoms with Gasteiger partial charge in [-0.2, -0.15) is 0 Å². The molecule has 2 atom stereocenters. The lowest BCUT2D eigenvalue weighted by Crippen LogP contribution is -2.24. The molecule has 112 valence electrons. The number of ether oxygens (including phenoxy) is 2. The van der Waals surface area contributed by atoms with Gasteiger partial charge in [0.05, 0.1) is 13.2 Å². The van der Waals surface area contributed by atoms with Crippen LogP contribution < -0.4 is 14.8 Å². The Balaban J connectivity index is 2.64. The van der Waals surface area contributed by atoms with E-state index < -0.39 is 0 Å². The van der Waals surface area contributed by atoms with Crippen LogP contribution in [0.1, 0.15) is 56.7 Å². The van der Waals surface area contributed by atoms with Crippen LogP contribution in [0.15, 0.2) is 6.07 Å². The van der Waals surface area contributed by atoms with Crippen LogP contribution in [0.4, 0.5) is 0 Å². The molecule has 1 N–H and O–H groups in total. The maximum absolute atomic E-state index is 6.51. The molecule has 0 amide bonds. The Kier molecular flexibility index (Phi) is 5.17. The van der Waals surface area contributed by atoms with Crippen LogP contribution in [-0.4, -0.2) is 20.3 Å². The highest BCUT2D eigenvalue weighted by Gasteiger charge is 2.31. The summed E-state index contributed by atoms with van der Waals surface area (Å²) in [5.74, 6) is 2.07. The standard InChI is InChI=1S/C16H24ClNO2/c1-5-19-13-9-11(17)14-10(3)7-8-12(18-4)15(14)16(13)20-6-2/h9-10,12,18H,5-8H2,1-4H3. The summed E-state index contributed by atoms with van der Waals surface area (Å²) in [6.07, 6.45) is 2.23. The third-order valence-corrected chi connectivity index (χ3v) is 4.25. The van der Waals surface area contributed by atoms with E-state index in [0.717, 1.165) is 29.4 Å². The van der Waals surface area contributed by atoms with E-state index in [1.165, 1.54) is 11.1 Å². The largest absolute Gasteiger partial charge is 0.490 e. The summed E-state index contributed by atoms with van der Waals surface area (Å²) in [5.41, 5.74) is 2.40. The lowest BCUT2D eigenvalue weighted by atomic mass is 9.80. The van der Waals surface area contributed by atoms with Gasteiger partial charge < -0.3 is 14.8 Å². The van der Waals surface area contributed by atoms with E-state index in [4.69, 9.17) is 21.1 Å². The Morgan fingerprint density at radius 1 is 1.20 bits per heavy atom. The zero-order valence-corrected chi connectivity index (χ0v) is 13.5. The predicted molar refractivity (Wildman–Crippen MR) is 83.2 cm³/mol. The van der Waals surface area contributed by atoms with Gasteiger partial charge in [-0.25, -0.2) is 0 Å². The molecule has 4 heteroatoms. The fraction of sp³-hybridized carbons (Fsp3) is 0.625. The SMILES string of the molecule is CCOc1cc(Cl)c2c(c1OCC)C(NC)CCC2C. The Morgan fingerprint density at radius 2 is 1.90 bits per heavy atom. The van der Waals surface area contributed by atoms with E-state index in [0.29, 0.717) is 19.1 Å². The fourth-order valence-electron chi connectivity index (χ4n) is 3.04. The summed E-state index contributed by atoms with van der Waals surface area (Å²) in [4.78, 5) is 0. The summed E-state index contributed by atoms with van der Waals surface area (Å²) < 4.78 is 11.6. The molecule has 0 saturated carbocycles. The maximum atomic E-state index is 6.51. The second kappa shape index (κ2) is 6.68. The molecule has 1 aromatic rings. The van der Waals surface area contributed by atoms with Crippen LogP contribution in [0.3, 0.4) is 0 Å². The monoisotopic (exact) mass is 297 g/mol. The second-order valence-corrected chi connectivity index (χ2v) is 5.61. The highest BCUT2D eigenvalue weighted by molar-refractivity contribution is 6.31. The average Bonchev–Trinajstić information content (AvgIpc) is 2.43. The summed E-state index contributed by atoms with van der Waals surface area (Å²) in [7, 11) is 1.99. The molecule has 3 nitrogen and oxygen atoms in total. The molecule has 2 unspecified atom stereocenters. The van der Waals surface area contributed by atoms with Crippen molar-refractivity contribution in [2.45, 2.75) is 45.6 Å². The minimum absolute atomic E-state index is 0.278. The van der Waals surface area contributed by atoms with Gasteiger partial charge in [-0.15, -0.1) is 0 Å². The first-order valence-corrected chi connectivity index (χ1v) is 7.80. The van der Waals surface area contributed by atoms with Gasteiger partial charge in [0, 0.05) is 22.7 Å². The smallest absolute Gasteiger partial charge is 0.166 e. The van der Waals surface area contributed by atoms with Crippen molar-refractivity contribution in [1.29, 1.82) is 0 Å². The molecule has 1 aliphatic carbocycles. The molecule has 0 fully saturated rings. The van der Waals surface area contributed by atoms with Gasteiger partial charge in [-0.3, -0.25) is 0 Å². The van der Waals surface area contributed by atoms with Crippen molar-refractivity contribution in [1.82, 2.24) is 5.32 Å². The summed E-state index contributed by atoms with van der Waals surface area (Å²) >= 11 is 6.51. The number of hydrogen-bond donors (Lipinski definition) is 1. The van der Waals surface area contributed by atoms with Crippen LogP contribution in [0.25, 0.3) is 0 Å². The van der Waals surface area contributed by atoms with Gasteiger partial charge in [-0.05, 0) is 45.2 Å². The zero-order valence-electron chi connectivity index (χ0n) is 12.8.